The zero-order chi connectivity index (χ0) is 12.4. The monoisotopic (exact) mass is 302 g/mol. The van der Waals surface area contributed by atoms with Crippen LogP contribution in [0.25, 0.3) is 5.65 Å². The highest BCUT2D eigenvalue weighted by atomic mass is 79.9. The zero-order valence-electron chi connectivity index (χ0n) is 9.55. The van der Waals surface area contributed by atoms with Crippen molar-refractivity contribution in [3.05, 3.63) is 58.8 Å². The molecule has 0 aliphatic carbocycles. The van der Waals surface area contributed by atoms with Crippen molar-refractivity contribution < 1.29 is 0 Å². The van der Waals surface area contributed by atoms with Gasteiger partial charge in [-0.2, -0.15) is 5.10 Å². The van der Waals surface area contributed by atoms with E-state index in [1.54, 1.807) is 10.7 Å². The van der Waals surface area contributed by atoms with E-state index in [0.717, 1.165) is 22.5 Å². The molecule has 0 spiro atoms. The Morgan fingerprint density at radius 2 is 2.17 bits per heavy atom. The molecule has 2 heterocycles. The molecule has 4 nitrogen and oxygen atoms in total. The molecule has 0 radical (unpaired) electrons. The Hall–Kier alpha value is -1.88. The number of benzene rings is 1. The normalized spacial score (nSPS) is 10.7. The topological polar surface area (TPSA) is 42.2 Å². The number of anilines is 1. The van der Waals surface area contributed by atoms with E-state index in [0.29, 0.717) is 0 Å². The van der Waals surface area contributed by atoms with Crippen molar-refractivity contribution in [2.75, 3.05) is 5.32 Å². The van der Waals surface area contributed by atoms with Crippen LogP contribution in [0, 0.1) is 0 Å². The summed E-state index contributed by atoms with van der Waals surface area (Å²) in [6.45, 7) is 0.747. The number of hydrogen-bond acceptors (Lipinski definition) is 3. The summed E-state index contributed by atoms with van der Waals surface area (Å²) in [5.41, 5.74) is 2.05. The van der Waals surface area contributed by atoms with Gasteiger partial charge in [0.25, 0.3) is 0 Å². The lowest BCUT2D eigenvalue weighted by Gasteiger charge is -2.06. The summed E-state index contributed by atoms with van der Waals surface area (Å²) in [5.74, 6) is 0.850. The van der Waals surface area contributed by atoms with Crippen LogP contribution >= 0.6 is 15.9 Å². The minimum absolute atomic E-state index is 0.747. The fourth-order valence-electron chi connectivity index (χ4n) is 1.75. The summed E-state index contributed by atoms with van der Waals surface area (Å²) in [4.78, 5) is 4.45. The van der Waals surface area contributed by atoms with Crippen molar-refractivity contribution in [1.82, 2.24) is 14.6 Å². The summed E-state index contributed by atoms with van der Waals surface area (Å²) in [6, 6.07) is 12.0. The van der Waals surface area contributed by atoms with Crippen LogP contribution in [0.3, 0.4) is 0 Å². The van der Waals surface area contributed by atoms with Crippen LogP contribution < -0.4 is 5.32 Å². The van der Waals surface area contributed by atoms with Crippen LogP contribution in [0.15, 0.2) is 53.3 Å². The molecule has 5 heteroatoms. The van der Waals surface area contributed by atoms with E-state index in [2.05, 4.69) is 43.5 Å². The fourth-order valence-corrected chi connectivity index (χ4v) is 2.20. The molecule has 0 aliphatic rings. The van der Waals surface area contributed by atoms with Gasteiger partial charge in [0.15, 0.2) is 5.65 Å². The summed E-state index contributed by atoms with van der Waals surface area (Å²) < 4.78 is 2.82. The molecule has 0 atom stereocenters. The van der Waals surface area contributed by atoms with Gasteiger partial charge in [-0.1, -0.05) is 28.1 Å². The lowest BCUT2D eigenvalue weighted by molar-refractivity contribution is 0.936. The third-order valence-electron chi connectivity index (χ3n) is 2.62. The average molecular weight is 303 g/mol. The SMILES string of the molecule is Brc1cccc(CNc2ccn3nccc3n2)c1. The van der Waals surface area contributed by atoms with E-state index in [1.165, 1.54) is 5.56 Å². The Morgan fingerprint density at radius 1 is 1.22 bits per heavy atom. The highest BCUT2D eigenvalue weighted by Crippen LogP contribution is 2.13. The van der Waals surface area contributed by atoms with Crippen LogP contribution in [-0.2, 0) is 6.54 Å². The molecule has 0 bridgehead atoms. The Bertz CT molecular complexity index is 677. The quantitative estimate of drug-likeness (QED) is 0.808. The number of halogens is 1. The first-order valence-electron chi connectivity index (χ1n) is 5.60. The van der Waals surface area contributed by atoms with E-state index in [9.17, 15) is 0 Å². The molecule has 0 fully saturated rings. The van der Waals surface area contributed by atoms with E-state index in [-0.39, 0.29) is 0 Å². The van der Waals surface area contributed by atoms with Crippen LogP contribution in [0.4, 0.5) is 5.82 Å². The molecule has 3 aromatic rings. The lowest BCUT2D eigenvalue weighted by atomic mass is 10.2. The molecular formula is C13H11BrN4. The Labute approximate surface area is 113 Å². The van der Waals surface area contributed by atoms with Crippen molar-refractivity contribution in [2.24, 2.45) is 0 Å². The first kappa shape index (κ1) is 11.2. The zero-order valence-corrected chi connectivity index (χ0v) is 11.1. The van der Waals surface area contributed by atoms with Gasteiger partial charge in [-0.05, 0) is 23.8 Å². The number of aromatic nitrogens is 3. The molecule has 0 amide bonds. The molecule has 0 saturated heterocycles. The molecule has 1 N–H and O–H groups in total. The molecule has 0 unspecified atom stereocenters. The van der Waals surface area contributed by atoms with Crippen molar-refractivity contribution in [1.29, 1.82) is 0 Å². The molecule has 3 rings (SSSR count). The first-order valence-corrected chi connectivity index (χ1v) is 6.39. The molecule has 18 heavy (non-hydrogen) atoms. The van der Waals surface area contributed by atoms with Crippen molar-refractivity contribution in [3.63, 3.8) is 0 Å². The van der Waals surface area contributed by atoms with Gasteiger partial charge in [-0.15, -0.1) is 0 Å². The van der Waals surface area contributed by atoms with Gasteiger partial charge in [-0.25, -0.2) is 9.50 Å². The summed E-state index contributed by atoms with van der Waals surface area (Å²) in [7, 11) is 0. The number of nitrogens with zero attached hydrogens (tertiary/aromatic N) is 3. The maximum absolute atomic E-state index is 4.45. The van der Waals surface area contributed by atoms with Gasteiger partial charge in [0.05, 0.1) is 6.20 Å². The van der Waals surface area contributed by atoms with Crippen LogP contribution in [0.1, 0.15) is 5.56 Å². The van der Waals surface area contributed by atoms with Gasteiger partial charge in [-0.3, -0.25) is 0 Å². The Kier molecular flexibility index (Phi) is 2.98. The summed E-state index contributed by atoms with van der Waals surface area (Å²) in [5, 5.41) is 7.41. The molecule has 1 aromatic carbocycles. The highest BCUT2D eigenvalue weighted by Gasteiger charge is 1.99. The van der Waals surface area contributed by atoms with Crippen LogP contribution in [0.2, 0.25) is 0 Å². The highest BCUT2D eigenvalue weighted by molar-refractivity contribution is 9.10. The van der Waals surface area contributed by atoms with Crippen LogP contribution in [0.5, 0.6) is 0 Å². The maximum Gasteiger partial charge on any atom is 0.157 e. The second-order valence-electron chi connectivity index (χ2n) is 3.93. The number of rotatable bonds is 3. The Morgan fingerprint density at radius 3 is 3.06 bits per heavy atom. The van der Waals surface area contributed by atoms with E-state index < -0.39 is 0 Å². The molecule has 0 saturated carbocycles. The first-order chi connectivity index (χ1) is 8.81. The van der Waals surface area contributed by atoms with Crippen LogP contribution in [-0.4, -0.2) is 14.6 Å². The third kappa shape index (κ3) is 2.36. The van der Waals surface area contributed by atoms with Gasteiger partial charge in [0.2, 0.25) is 0 Å². The van der Waals surface area contributed by atoms with Gasteiger partial charge in [0, 0.05) is 23.3 Å². The smallest absolute Gasteiger partial charge is 0.157 e. The number of hydrogen-bond donors (Lipinski definition) is 1. The molecule has 0 aliphatic heterocycles. The maximum atomic E-state index is 4.45. The van der Waals surface area contributed by atoms with Crippen molar-refractivity contribution >= 4 is 27.4 Å². The second-order valence-corrected chi connectivity index (χ2v) is 4.85. The average Bonchev–Trinajstić information content (AvgIpc) is 2.84. The summed E-state index contributed by atoms with van der Waals surface area (Å²) >= 11 is 3.46. The number of nitrogens with one attached hydrogen (secondary N) is 1. The predicted octanol–water partition coefficient (Wildman–Crippen LogP) is 3.10. The molecule has 2 aromatic heterocycles. The van der Waals surface area contributed by atoms with E-state index >= 15 is 0 Å². The fraction of sp³-hybridized carbons (Fsp3) is 0.0769. The van der Waals surface area contributed by atoms with Crippen molar-refractivity contribution in [2.45, 2.75) is 6.54 Å². The minimum atomic E-state index is 0.747. The van der Waals surface area contributed by atoms with Gasteiger partial charge < -0.3 is 5.32 Å². The van der Waals surface area contributed by atoms with Gasteiger partial charge >= 0.3 is 0 Å². The summed E-state index contributed by atoms with van der Waals surface area (Å²) in [6.07, 6.45) is 3.63. The predicted molar refractivity (Wildman–Crippen MR) is 74.5 cm³/mol. The third-order valence-corrected chi connectivity index (χ3v) is 3.11. The molecule has 90 valence electrons. The number of fused-ring (bicyclic) bond motifs is 1. The molecular weight excluding hydrogens is 292 g/mol. The second kappa shape index (κ2) is 4.78. The van der Waals surface area contributed by atoms with Crippen molar-refractivity contribution in [3.8, 4) is 0 Å². The standard InChI is InChI=1S/C13H11BrN4/c14-11-3-1-2-10(8-11)9-15-12-5-7-18-13(17-12)4-6-16-18/h1-8H,9H2,(H,15,17). The largest absolute Gasteiger partial charge is 0.366 e. The minimum Gasteiger partial charge on any atom is -0.366 e. The Balaban J connectivity index is 1.76. The van der Waals surface area contributed by atoms with E-state index in [4.69, 9.17) is 0 Å². The van der Waals surface area contributed by atoms with Gasteiger partial charge in [0.1, 0.15) is 5.82 Å². The van der Waals surface area contributed by atoms with E-state index in [1.807, 2.05) is 30.5 Å². The lowest BCUT2D eigenvalue weighted by Crippen LogP contribution is -2.02.